The minimum Gasteiger partial charge on any atom is -0.351 e. The van der Waals surface area contributed by atoms with E-state index in [9.17, 15) is 0 Å². The highest BCUT2D eigenvalue weighted by Crippen LogP contribution is 2.25. The highest BCUT2D eigenvalue weighted by Gasteiger charge is 2.22. The molecule has 0 bridgehead atoms. The lowest BCUT2D eigenvalue weighted by Crippen LogP contribution is -2.47. The van der Waals surface area contributed by atoms with Gasteiger partial charge >= 0.3 is 0 Å². The van der Waals surface area contributed by atoms with Crippen molar-refractivity contribution in [2.24, 2.45) is 5.73 Å². The monoisotopic (exact) mass is 304 g/mol. The van der Waals surface area contributed by atoms with Gasteiger partial charge in [0.25, 0.3) is 0 Å². The van der Waals surface area contributed by atoms with Gasteiger partial charge in [-0.15, -0.1) is 16.4 Å². The summed E-state index contributed by atoms with van der Waals surface area (Å²) < 4.78 is 0. The van der Waals surface area contributed by atoms with Gasteiger partial charge in [0.15, 0.2) is 10.9 Å². The Morgan fingerprint density at radius 3 is 2.48 bits per heavy atom. The molecule has 1 fully saturated rings. The fourth-order valence-corrected chi connectivity index (χ4v) is 3.32. The van der Waals surface area contributed by atoms with Crippen molar-refractivity contribution >= 4 is 22.3 Å². The Morgan fingerprint density at radius 2 is 1.86 bits per heavy atom. The maximum Gasteiger partial charge on any atom is 0.185 e. The molecule has 2 aromatic heterocycles. The second kappa shape index (κ2) is 5.95. The van der Waals surface area contributed by atoms with E-state index in [0.29, 0.717) is 6.54 Å². The second-order valence-electron chi connectivity index (χ2n) is 5.21. The molecule has 6 nitrogen and oxygen atoms in total. The van der Waals surface area contributed by atoms with Crippen molar-refractivity contribution in [2.75, 3.05) is 36.0 Å². The molecule has 1 aliphatic heterocycles. The van der Waals surface area contributed by atoms with Crippen LogP contribution < -0.4 is 15.5 Å². The molecule has 1 aliphatic rings. The Morgan fingerprint density at radius 1 is 1.14 bits per heavy atom. The fourth-order valence-electron chi connectivity index (χ4n) is 2.62. The first-order chi connectivity index (χ1) is 10.2. The first-order valence-electron chi connectivity index (χ1n) is 7.13. The standard InChI is InChI=1S/C14H20N6S/c1-10-11(2)17-18-13(12(10)9-15)19-4-6-20(7-5-19)14-16-3-8-21-14/h3,8H,4-7,9,15H2,1-2H3. The van der Waals surface area contributed by atoms with Crippen molar-refractivity contribution in [3.8, 4) is 0 Å². The summed E-state index contributed by atoms with van der Waals surface area (Å²) in [5, 5.41) is 11.8. The van der Waals surface area contributed by atoms with E-state index in [1.54, 1.807) is 11.3 Å². The summed E-state index contributed by atoms with van der Waals surface area (Å²) in [5.74, 6) is 0.944. The van der Waals surface area contributed by atoms with Gasteiger partial charge in [-0.25, -0.2) is 4.98 Å². The molecule has 3 heterocycles. The summed E-state index contributed by atoms with van der Waals surface area (Å²) in [6.07, 6.45) is 1.85. The summed E-state index contributed by atoms with van der Waals surface area (Å²) in [7, 11) is 0. The fraction of sp³-hybridized carbons (Fsp3) is 0.500. The van der Waals surface area contributed by atoms with Crippen molar-refractivity contribution in [1.82, 2.24) is 15.2 Å². The van der Waals surface area contributed by atoms with E-state index in [1.165, 1.54) is 0 Å². The maximum atomic E-state index is 5.92. The molecule has 2 aromatic rings. The lowest BCUT2D eigenvalue weighted by Gasteiger charge is -2.36. The van der Waals surface area contributed by atoms with Gasteiger partial charge < -0.3 is 15.5 Å². The van der Waals surface area contributed by atoms with Gasteiger partial charge in [-0.2, -0.15) is 5.10 Å². The minimum atomic E-state index is 0.504. The van der Waals surface area contributed by atoms with Gasteiger partial charge in [0.2, 0.25) is 0 Å². The lowest BCUT2D eigenvalue weighted by molar-refractivity contribution is 0.637. The number of rotatable bonds is 3. The third kappa shape index (κ3) is 2.71. The largest absolute Gasteiger partial charge is 0.351 e. The van der Waals surface area contributed by atoms with Crippen molar-refractivity contribution in [3.63, 3.8) is 0 Å². The number of hydrogen-bond acceptors (Lipinski definition) is 7. The number of aryl methyl sites for hydroxylation is 1. The zero-order valence-electron chi connectivity index (χ0n) is 12.4. The van der Waals surface area contributed by atoms with Gasteiger partial charge in [0, 0.05) is 49.9 Å². The Labute approximate surface area is 128 Å². The first-order valence-corrected chi connectivity index (χ1v) is 8.01. The van der Waals surface area contributed by atoms with Crippen LogP contribution in [0.25, 0.3) is 0 Å². The zero-order chi connectivity index (χ0) is 14.8. The first kappa shape index (κ1) is 14.2. The molecule has 112 valence electrons. The Bertz CT molecular complexity index is 604. The van der Waals surface area contributed by atoms with Crippen LogP contribution in [0.4, 0.5) is 10.9 Å². The van der Waals surface area contributed by atoms with Crippen LogP contribution in [0.2, 0.25) is 0 Å². The Hall–Kier alpha value is -1.73. The van der Waals surface area contributed by atoms with Crippen molar-refractivity contribution in [2.45, 2.75) is 20.4 Å². The molecule has 0 atom stereocenters. The molecular weight excluding hydrogens is 284 g/mol. The SMILES string of the molecule is Cc1nnc(N2CCN(c3nccs3)CC2)c(CN)c1C. The third-order valence-electron chi connectivity index (χ3n) is 4.03. The van der Waals surface area contributed by atoms with Gasteiger partial charge in [-0.1, -0.05) is 0 Å². The van der Waals surface area contributed by atoms with Crippen molar-refractivity contribution in [1.29, 1.82) is 0 Å². The van der Waals surface area contributed by atoms with E-state index < -0.39 is 0 Å². The molecule has 0 aliphatic carbocycles. The normalized spacial score (nSPS) is 15.6. The predicted octanol–water partition coefficient (Wildman–Crippen LogP) is 1.34. The number of anilines is 2. The maximum absolute atomic E-state index is 5.92. The number of nitrogens with zero attached hydrogens (tertiary/aromatic N) is 5. The number of hydrogen-bond donors (Lipinski definition) is 1. The minimum absolute atomic E-state index is 0.504. The van der Waals surface area contributed by atoms with Gasteiger partial charge in [-0.3, -0.25) is 0 Å². The van der Waals surface area contributed by atoms with E-state index in [-0.39, 0.29) is 0 Å². The molecule has 2 N–H and O–H groups in total. The van der Waals surface area contributed by atoms with Crippen LogP contribution in [0.3, 0.4) is 0 Å². The smallest absolute Gasteiger partial charge is 0.185 e. The lowest BCUT2D eigenvalue weighted by atomic mass is 10.1. The van der Waals surface area contributed by atoms with Crippen LogP contribution in [0.15, 0.2) is 11.6 Å². The number of piperazine rings is 1. The summed E-state index contributed by atoms with van der Waals surface area (Å²) in [6, 6.07) is 0. The molecule has 0 aromatic carbocycles. The van der Waals surface area contributed by atoms with Crippen LogP contribution in [0, 0.1) is 13.8 Å². The Kier molecular flexibility index (Phi) is 4.03. The van der Waals surface area contributed by atoms with Crippen LogP contribution in [-0.2, 0) is 6.54 Å². The second-order valence-corrected chi connectivity index (χ2v) is 6.08. The van der Waals surface area contributed by atoms with E-state index in [1.807, 2.05) is 18.5 Å². The van der Waals surface area contributed by atoms with Crippen molar-refractivity contribution in [3.05, 3.63) is 28.4 Å². The number of aromatic nitrogens is 3. The summed E-state index contributed by atoms with van der Waals surface area (Å²) in [5.41, 5.74) is 9.15. The van der Waals surface area contributed by atoms with E-state index in [2.05, 4.69) is 31.9 Å². The average molecular weight is 304 g/mol. The number of thiazole rings is 1. The molecule has 0 saturated carbocycles. The highest BCUT2D eigenvalue weighted by atomic mass is 32.1. The van der Waals surface area contributed by atoms with Gasteiger partial charge in [0.1, 0.15) is 0 Å². The summed E-state index contributed by atoms with van der Waals surface area (Å²) in [4.78, 5) is 8.98. The molecule has 21 heavy (non-hydrogen) atoms. The molecule has 7 heteroatoms. The average Bonchev–Trinajstić information content (AvgIpc) is 3.04. The zero-order valence-corrected chi connectivity index (χ0v) is 13.2. The molecule has 0 unspecified atom stereocenters. The topological polar surface area (TPSA) is 71.2 Å². The van der Waals surface area contributed by atoms with E-state index >= 15 is 0 Å². The number of nitrogens with two attached hydrogens (primary N) is 1. The van der Waals surface area contributed by atoms with Crippen LogP contribution >= 0.6 is 11.3 Å². The Balaban J connectivity index is 1.77. The molecule has 1 saturated heterocycles. The van der Waals surface area contributed by atoms with Gasteiger partial charge in [-0.05, 0) is 19.4 Å². The van der Waals surface area contributed by atoms with Crippen LogP contribution in [0.5, 0.6) is 0 Å². The molecule has 0 spiro atoms. The van der Waals surface area contributed by atoms with Crippen molar-refractivity contribution < 1.29 is 0 Å². The van der Waals surface area contributed by atoms with E-state index in [4.69, 9.17) is 5.73 Å². The molecule has 0 amide bonds. The highest BCUT2D eigenvalue weighted by molar-refractivity contribution is 7.13. The molecule has 0 radical (unpaired) electrons. The van der Waals surface area contributed by atoms with Crippen LogP contribution in [-0.4, -0.2) is 41.4 Å². The molecular formula is C14H20N6S. The summed E-state index contributed by atoms with van der Waals surface area (Å²) >= 11 is 1.69. The quantitative estimate of drug-likeness (QED) is 0.922. The predicted molar refractivity (Wildman–Crippen MR) is 85.9 cm³/mol. The van der Waals surface area contributed by atoms with Gasteiger partial charge in [0.05, 0.1) is 5.69 Å². The van der Waals surface area contributed by atoms with E-state index in [0.717, 1.165) is 53.9 Å². The summed E-state index contributed by atoms with van der Waals surface area (Å²) in [6.45, 7) is 8.29. The molecule has 3 rings (SSSR count). The van der Waals surface area contributed by atoms with Crippen LogP contribution in [0.1, 0.15) is 16.8 Å². The third-order valence-corrected chi connectivity index (χ3v) is 4.87.